The first kappa shape index (κ1) is 13.3. The van der Waals surface area contributed by atoms with Crippen molar-refractivity contribution in [1.82, 2.24) is 10.3 Å². The van der Waals surface area contributed by atoms with Gasteiger partial charge in [0.1, 0.15) is 0 Å². The monoisotopic (exact) mass is 281 g/mol. The fraction of sp³-hybridized carbons (Fsp3) is 0.786. The van der Waals surface area contributed by atoms with E-state index in [4.69, 9.17) is 4.74 Å². The van der Waals surface area contributed by atoms with E-state index in [0.29, 0.717) is 18.2 Å². The van der Waals surface area contributed by atoms with Crippen molar-refractivity contribution in [3.8, 4) is 0 Å². The molecular weight excluding hydrogens is 258 g/mol. The highest BCUT2D eigenvalue weighted by atomic mass is 32.1. The van der Waals surface area contributed by atoms with Crippen LogP contribution >= 0.6 is 11.3 Å². The standard InChI is InChI=1S/C14H23N3OS/c1-3-15-10(2)13-9-16-14(19-13)17-7-8-18-12-6-4-5-11(12)17/h9-12,15H,3-8H2,1-2H3. The van der Waals surface area contributed by atoms with Crippen molar-refractivity contribution in [1.29, 1.82) is 0 Å². The van der Waals surface area contributed by atoms with Gasteiger partial charge in [0, 0.05) is 23.7 Å². The molecule has 3 atom stereocenters. The number of thiazole rings is 1. The molecule has 0 bridgehead atoms. The molecule has 106 valence electrons. The van der Waals surface area contributed by atoms with Crippen molar-refractivity contribution in [3.63, 3.8) is 0 Å². The van der Waals surface area contributed by atoms with Gasteiger partial charge in [-0.25, -0.2) is 4.98 Å². The van der Waals surface area contributed by atoms with Crippen LogP contribution in [0.3, 0.4) is 0 Å². The van der Waals surface area contributed by atoms with Crippen molar-refractivity contribution < 1.29 is 4.74 Å². The zero-order chi connectivity index (χ0) is 13.2. The molecule has 2 fully saturated rings. The highest BCUT2D eigenvalue weighted by molar-refractivity contribution is 7.15. The van der Waals surface area contributed by atoms with Gasteiger partial charge in [-0.2, -0.15) is 0 Å². The van der Waals surface area contributed by atoms with Gasteiger partial charge in [-0.15, -0.1) is 11.3 Å². The van der Waals surface area contributed by atoms with E-state index in [2.05, 4.69) is 29.0 Å². The highest BCUT2D eigenvalue weighted by Crippen LogP contribution is 2.36. The van der Waals surface area contributed by atoms with E-state index < -0.39 is 0 Å². The number of aromatic nitrogens is 1. The van der Waals surface area contributed by atoms with Gasteiger partial charge in [0.25, 0.3) is 0 Å². The number of morpholine rings is 1. The Morgan fingerprint density at radius 3 is 3.32 bits per heavy atom. The molecule has 2 aliphatic rings. The normalized spacial score (nSPS) is 28.4. The fourth-order valence-corrected chi connectivity index (χ4v) is 4.21. The molecule has 1 aliphatic heterocycles. The van der Waals surface area contributed by atoms with Gasteiger partial charge < -0.3 is 15.0 Å². The lowest BCUT2D eigenvalue weighted by Gasteiger charge is -2.37. The molecule has 1 aromatic heterocycles. The second-order valence-corrected chi connectivity index (χ2v) is 6.47. The first-order chi connectivity index (χ1) is 9.29. The third-order valence-corrected chi connectivity index (χ3v) is 5.39. The Hall–Kier alpha value is -0.650. The smallest absolute Gasteiger partial charge is 0.185 e. The lowest BCUT2D eigenvalue weighted by Crippen LogP contribution is -2.48. The van der Waals surface area contributed by atoms with Crippen molar-refractivity contribution in [2.45, 2.75) is 51.3 Å². The number of nitrogens with zero attached hydrogens (tertiary/aromatic N) is 2. The van der Waals surface area contributed by atoms with Gasteiger partial charge >= 0.3 is 0 Å². The molecule has 1 saturated carbocycles. The lowest BCUT2D eigenvalue weighted by molar-refractivity contribution is 0.0256. The minimum atomic E-state index is 0.400. The number of anilines is 1. The van der Waals surface area contributed by atoms with Crippen LogP contribution in [-0.4, -0.2) is 36.8 Å². The van der Waals surface area contributed by atoms with Gasteiger partial charge in [0.15, 0.2) is 5.13 Å². The highest BCUT2D eigenvalue weighted by Gasteiger charge is 2.37. The van der Waals surface area contributed by atoms with E-state index in [-0.39, 0.29) is 0 Å². The third kappa shape index (κ3) is 2.64. The Labute approximate surface area is 119 Å². The lowest BCUT2D eigenvalue weighted by atomic mass is 10.1. The number of hydrogen-bond acceptors (Lipinski definition) is 5. The first-order valence-electron chi connectivity index (χ1n) is 7.37. The molecule has 0 aromatic carbocycles. The van der Waals surface area contributed by atoms with E-state index in [0.717, 1.165) is 19.7 Å². The Bertz CT molecular complexity index is 423. The van der Waals surface area contributed by atoms with Crippen LogP contribution in [-0.2, 0) is 4.74 Å². The Morgan fingerprint density at radius 1 is 1.58 bits per heavy atom. The van der Waals surface area contributed by atoms with Gasteiger partial charge in [0.05, 0.1) is 18.8 Å². The van der Waals surface area contributed by atoms with Crippen LogP contribution in [0, 0.1) is 0 Å². The van der Waals surface area contributed by atoms with Crippen molar-refractivity contribution >= 4 is 16.5 Å². The molecule has 5 heteroatoms. The van der Waals surface area contributed by atoms with Gasteiger partial charge in [-0.1, -0.05) is 6.92 Å². The SMILES string of the molecule is CCNC(C)c1cnc(N2CCOC3CCCC32)s1. The van der Waals surface area contributed by atoms with E-state index in [1.807, 2.05) is 17.5 Å². The molecule has 0 spiro atoms. The molecule has 2 heterocycles. The average molecular weight is 281 g/mol. The maximum absolute atomic E-state index is 5.87. The summed E-state index contributed by atoms with van der Waals surface area (Å²) in [5.41, 5.74) is 0. The number of fused-ring (bicyclic) bond motifs is 1. The summed E-state index contributed by atoms with van der Waals surface area (Å²) in [6.45, 7) is 7.18. The van der Waals surface area contributed by atoms with E-state index in [1.54, 1.807) is 0 Å². The summed E-state index contributed by atoms with van der Waals surface area (Å²) in [4.78, 5) is 8.46. The van der Waals surface area contributed by atoms with Crippen LogP contribution in [0.15, 0.2) is 6.20 Å². The van der Waals surface area contributed by atoms with Crippen LogP contribution in [0.25, 0.3) is 0 Å². The molecule has 1 aliphatic carbocycles. The Balaban J connectivity index is 1.74. The summed E-state index contributed by atoms with van der Waals surface area (Å²) in [6, 6.07) is 0.957. The minimum absolute atomic E-state index is 0.400. The molecule has 1 N–H and O–H groups in total. The third-order valence-electron chi connectivity index (χ3n) is 4.18. The fourth-order valence-electron chi connectivity index (χ4n) is 3.18. The molecular formula is C14H23N3OS. The summed E-state index contributed by atoms with van der Waals surface area (Å²) in [6.07, 6.45) is 6.23. The predicted octanol–water partition coefficient (Wildman–Crippen LogP) is 2.57. The average Bonchev–Trinajstić information content (AvgIpc) is 3.07. The van der Waals surface area contributed by atoms with E-state index >= 15 is 0 Å². The molecule has 1 aromatic rings. The summed E-state index contributed by atoms with van der Waals surface area (Å²) >= 11 is 1.83. The molecule has 19 heavy (non-hydrogen) atoms. The van der Waals surface area contributed by atoms with Crippen LogP contribution in [0.2, 0.25) is 0 Å². The van der Waals surface area contributed by atoms with Crippen molar-refractivity contribution in [3.05, 3.63) is 11.1 Å². The maximum atomic E-state index is 5.87. The van der Waals surface area contributed by atoms with Crippen LogP contribution in [0.1, 0.15) is 44.0 Å². The molecule has 4 nitrogen and oxygen atoms in total. The largest absolute Gasteiger partial charge is 0.374 e. The van der Waals surface area contributed by atoms with Crippen LogP contribution < -0.4 is 10.2 Å². The molecule has 1 saturated heterocycles. The zero-order valence-corrected chi connectivity index (χ0v) is 12.6. The Morgan fingerprint density at radius 2 is 2.47 bits per heavy atom. The van der Waals surface area contributed by atoms with Crippen molar-refractivity contribution in [2.75, 3.05) is 24.6 Å². The second-order valence-electron chi connectivity index (χ2n) is 5.43. The zero-order valence-electron chi connectivity index (χ0n) is 11.8. The van der Waals surface area contributed by atoms with Gasteiger partial charge in [-0.05, 0) is 32.7 Å². The number of rotatable bonds is 4. The predicted molar refractivity (Wildman–Crippen MR) is 78.9 cm³/mol. The number of nitrogens with one attached hydrogen (secondary N) is 1. The summed E-state index contributed by atoms with van der Waals surface area (Å²) < 4.78 is 5.87. The topological polar surface area (TPSA) is 37.4 Å². The summed E-state index contributed by atoms with van der Waals surface area (Å²) in [5.74, 6) is 0. The van der Waals surface area contributed by atoms with Crippen LogP contribution in [0.5, 0.6) is 0 Å². The molecule has 0 amide bonds. The van der Waals surface area contributed by atoms with E-state index in [1.165, 1.54) is 29.3 Å². The molecule has 3 rings (SSSR count). The van der Waals surface area contributed by atoms with E-state index in [9.17, 15) is 0 Å². The number of ether oxygens (including phenoxy) is 1. The van der Waals surface area contributed by atoms with Crippen molar-refractivity contribution in [2.24, 2.45) is 0 Å². The molecule has 3 unspecified atom stereocenters. The Kier molecular flexibility index (Phi) is 4.05. The van der Waals surface area contributed by atoms with Gasteiger partial charge in [-0.3, -0.25) is 0 Å². The molecule has 0 radical (unpaired) electrons. The number of hydrogen-bond donors (Lipinski definition) is 1. The maximum Gasteiger partial charge on any atom is 0.185 e. The first-order valence-corrected chi connectivity index (χ1v) is 8.18. The summed E-state index contributed by atoms with van der Waals surface area (Å²) in [5, 5.41) is 4.63. The second kappa shape index (κ2) is 5.77. The quantitative estimate of drug-likeness (QED) is 0.920. The van der Waals surface area contributed by atoms with Crippen LogP contribution in [0.4, 0.5) is 5.13 Å². The summed E-state index contributed by atoms with van der Waals surface area (Å²) in [7, 11) is 0. The minimum Gasteiger partial charge on any atom is -0.374 e. The van der Waals surface area contributed by atoms with Gasteiger partial charge in [0.2, 0.25) is 0 Å².